The lowest BCUT2D eigenvalue weighted by atomic mass is 10.2. The van der Waals surface area contributed by atoms with Crippen LogP contribution < -0.4 is 5.32 Å². The van der Waals surface area contributed by atoms with Crippen LogP contribution in [0.15, 0.2) is 24.3 Å². The van der Waals surface area contributed by atoms with Gasteiger partial charge < -0.3 is 10.4 Å². The Bertz CT molecular complexity index is 514. The van der Waals surface area contributed by atoms with Gasteiger partial charge in [-0.15, -0.1) is 11.3 Å². The summed E-state index contributed by atoms with van der Waals surface area (Å²) in [6, 6.07) is 8.54. The highest BCUT2D eigenvalue weighted by Crippen LogP contribution is 2.32. The summed E-state index contributed by atoms with van der Waals surface area (Å²) in [6.07, 6.45) is 5.36. The number of fused-ring (bicyclic) bond motifs is 1. The van der Waals surface area contributed by atoms with Crippen molar-refractivity contribution in [3.63, 3.8) is 0 Å². The van der Waals surface area contributed by atoms with E-state index in [-0.39, 0.29) is 0 Å². The first-order valence-corrected chi connectivity index (χ1v) is 7.08. The van der Waals surface area contributed by atoms with E-state index in [9.17, 15) is 5.11 Å². The Kier molecular flexibility index (Phi) is 3.04. The van der Waals surface area contributed by atoms with E-state index in [1.807, 2.05) is 6.07 Å². The molecule has 1 saturated carbocycles. The minimum Gasteiger partial charge on any atom is -0.507 e. The first-order chi connectivity index (χ1) is 8.33. The Hall–Kier alpha value is -1.06. The SMILES string of the molecule is Oc1cccc2sc(CNC3CCCC3)cc12. The molecule has 2 N–H and O–H groups in total. The maximum atomic E-state index is 9.75. The molecular weight excluding hydrogens is 230 g/mol. The molecule has 0 bridgehead atoms. The summed E-state index contributed by atoms with van der Waals surface area (Å²) >= 11 is 1.77. The third-order valence-electron chi connectivity index (χ3n) is 3.51. The molecule has 1 fully saturated rings. The molecular formula is C14H17NOS. The molecule has 1 aliphatic rings. The monoisotopic (exact) mass is 247 g/mol. The average Bonchev–Trinajstić information content (AvgIpc) is 2.95. The van der Waals surface area contributed by atoms with Crippen molar-refractivity contribution < 1.29 is 5.11 Å². The van der Waals surface area contributed by atoms with Crippen LogP contribution in [0, 0.1) is 0 Å². The molecule has 0 amide bonds. The minimum absolute atomic E-state index is 0.394. The van der Waals surface area contributed by atoms with Crippen LogP contribution in [-0.4, -0.2) is 11.1 Å². The normalized spacial score (nSPS) is 16.9. The maximum absolute atomic E-state index is 9.75. The number of benzene rings is 1. The summed E-state index contributed by atoms with van der Waals surface area (Å²) in [5.41, 5.74) is 0. The molecule has 0 saturated heterocycles. The van der Waals surface area contributed by atoms with E-state index in [0.29, 0.717) is 11.8 Å². The van der Waals surface area contributed by atoms with Gasteiger partial charge in [-0.25, -0.2) is 0 Å². The van der Waals surface area contributed by atoms with E-state index >= 15 is 0 Å². The average molecular weight is 247 g/mol. The molecule has 3 heteroatoms. The minimum atomic E-state index is 0.394. The highest BCUT2D eigenvalue weighted by Gasteiger charge is 2.14. The van der Waals surface area contributed by atoms with E-state index in [1.54, 1.807) is 17.4 Å². The molecule has 0 aliphatic heterocycles. The lowest BCUT2D eigenvalue weighted by Crippen LogP contribution is -2.24. The fourth-order valence-corrected chi connectivity index (χ4v) is 3.59. The largest absolute Gasteiger partial charge is 0.507 e. The number of aromatic hydroxyl groups is 1. The van der Waals surface area contributed by atoms with Crippen molar-refractivity contribution in [1.82, 2.24) is 5.32 Å². The Morgan fingerprint density at radius 1 is 1.29 bits per heavy atom. The van der Waals surface area contributed by atoms with Gasteiger partial charge in [0.15, 0.2) is 0 Å². The van der Waals surface area contributed by atoms with E-state index in [0.717, 1.165) is 11.9 Å². The van der Waals surface area contributed by atoms with Crippen LogP contribution in [0.5, 0.6) is 5.75 Å². The molecule has 0 spiro atoms. The van der Waals surface area contributed by atoms with Crippen LogP contribution in [0.2, 0.25) is 0 Å². The molecule has 0 unspecified atom stereocenters. The molecule has 2 aromatic rings. The Morgan fingerprint density at radius 3 is 2.88 bits per heavy atom. The van der Waals surface area contributed by atoms with Crippen molar-refractivity contribution in [3.8, 4) is 5.75 Å². The zero-order valence-corrected chi connectivity index (χ0v) is 10.6. The summed E-state index contributed by atoms with van der Waals surface area (Å²) in [6.45, 7) is 0.934. The van der Waals surface area contributed by atoms with Gasteiger partial charge in [0, 0.05) is 27.5 Å². The quantitative estimate of drug-likeness (QED) is 0.868. The molecule has 1 aromatic carbocycles. The first-order valence-electron chi connectivity index (χ1n) is 6.27. The lowest BCUT2D eigenvalue weighted by molar-refractivity contribution is 0.481. The highest BCUT2D eigenvalue weighted by atomic mass is 32.1. The molecule has 0 atom stereocenters. The summed E-state index contributed by atoms with van der Waals surface area (Å²) in [4.78, 5) is 1.31. The number of thiophene rings is 1. The Morgan fingerprint density at radius 2 is 2.12 bits per heavy atom. The summed E-state index contributed by atoms with van der Waals surface area (Å²) in [7, 11) is 0. The smallest absolute Gasteiger partial charge is 0.124 e. The summed E-state index contributed by atoms with van der Waals surface area (Å²) < 4.78 is 1.17. The molecule has 2 nitrogen and oxygen atoms in total. The number of phenols is 1. The van der Waals surface area contributed by atoms with Crippen molar-refractivity contribution in [2.75, 3.05) is 0 Å². The van der Waals surface area contributed by atoms with Crippen LogP contribution in [0.3, 0.4) is 0 Å². The van der Waals surface area contributed by atoms with Gasteiger partial charge in [0.25, 0.3) is 0 Å². The van der Waals surface area contributed by atoms with E-state index in [4.69, 9.17) is 0 Å². The lowest BCUT2D eigenvalue weighted by Gasteiger charge is -2.09. The molecule has 17 heavy (non-hydrogen) atoms. The second-order valence-electron chi connectivity index (χ2n) is 4.76. The number of nitrogens with one attached hydrogen (secondary N) is 1. The van der Waals surface area contributed by atoms with Crippen molar-refractivity contribution in [1.29, 1.82) is 0 Å². The van der Waals surface area contributed by atoms with Crippen LogP contribution in [-0.2, 0) is 6.54 Å². The van der Waals surface area contributed by atoms with Gasteiger partial charge in [0.1, 0.15) is 5.75 Å². The summed E-state index contributed by atoms with van der Waals surface area (Å²) in [5, 5.41) is 14.3. The van der Waals surface area contributed by atoms with Crippen LogP contribution >= 0.6 is 11.3 Å². The van der Waals surface area contributed by atoms with E-state index in [2.05, 4.69) is 17.4 Å². The molecule has 3 rings (SSSR count). The van der Waals surface area contributed by atoms with Crippen molar-refractivity contribution in [3.05, 3.63) is 29.1 Å². The fraction of sp³-hybridized carbons (Fsp3) is 0.429. The predicted octanol–water partition coefficient (Wildman–Crippen LogP) is 3.64. The first kappa shape index (κ1) is 11.1. The van der Waals surface area contributed by atoms with Gasteiger partial charge in [-0.3, -0.25) is 0 Å². The number of hydrogen-bond acceptors (Lipinski definition) is 3. The molecule has 1 heterocycles. The van der Waals surface area contributed by atoms with Crippen LogP contribution in [0.4, 0.5) is 0 Å². The van der Waals surface area contributed by atoms with Crippen LogP contribution in [0.1, 0.15) is 30.6 Å². The van der Waals surface area contributed by atoms with Crippen molar-refractivity contribution in [2.24, 2.45) is 0 Å². The number of phenolic OH excluding ortho intramolecular Hbond substituents is 1. The number of rotatable bonds is 3. The van der Waals surface area contributed by atoms with Gasteiger partial charge in [-0.05, 0) is 31.0 Å². The Labute approximate surface area is 105 Å². The summed E-state index contributed by atoms with van der Waals surface area (Å²) in [5.74, 6) is 0.394. The van der Waals surface area contributed by atoms with Crippen LogP contribution in [0.25, 0.3) is 10.1 Å². The zero-order valence-electron chi connectivity index (χ0n) is 9.78. The van der Waals surface area contributed by atoms with E-state index in [1.165, 1.54) is 35.3 Å². The van der Waals surface area contributed by atoms with E-state index < -0.39 is 0 Å². The molecule has 0 radical (unpaired) electrons. The van der Waals surface area contributed by atoms with Crippen molar-refractivity contribution in [2.45, 2.75) is 38.3 Å². The molecule has 1 aromatic heterocycles. The molecule has 1 aliphatic carbocycles. The van der Waals surface area contributed by atoms with Gasteiger partial charge in [0.05, 0.1) is 0 Å². The third kappa shape index (κ3) is 2.31. The number of hydrogen-bond donors (Lipinski definition) is 2. The fourth-order valence-electron chi connectivity index (χ4n) is 2.56. The molecule has 90 valence electrons. The Balaban J connectivity index is 1.74. The van der Waals surface area contributed by atoms with Gasteiger partial charge in [-0.2, -0.15) is 0 Å². The van der Waals surface area contributed by atoms with Crippen molar-refractivity contribution >= 4 is 21.4 Å². The van der Waals surface area contributed by atoms with Gasteiger partial charge in [-0.1, -0.05) is 18.9 Å². The second-order valence-corrected chi connectivity index (χ2v) is 5.93. The maximum Gasteiger partial charge on any atom is 0.124 e. The van der Waals surface area contributed by atoms with Gasteiger partial charge in [0.2, 0.25) is 0 Å². The highest BCUT2D eigenvalue weighted by molar-refractivity contribution is 7.19. The third-order valence-corrected chi connectivity index (χ3v) is 4.61. The predicted molar refractivity (Wildman–Crippen MR) is 72.6 cm³/mol. The second kappa shape index (κ2) is 4.67. The topological polar surface area (TPSA) is 32.3 Å². The zero-order chi connectivity index (χ0) is 11.7. The van der Waals surface area contributed by atoms with Gasteiger partial charge >= 0.3 is 0 Å². The standard InChI is InChI=1S/C14H17NOS/c16-13-6-3-7-14-12(13)8-11(17-14)9-15-10-4-1-2-5-10/h3,6-8,10,15-16H,1-2,4-5,9H2.